The minimum absolute atomic E-state index is 0.0959. The lowest BCUT2D eigenvalue weighted by Gasteiger charge is -2.28. The van der Waals surface area contributed by atoms with Gasteiger partial charge in [0.05, 0.1) is 28.1 Å². The van der Waals surface area contributed by atoms with Gasteiger partial charge < -0.3 is 14.5 Å². The third kappa shape index (κ3) is 7.29. The van der Waals surface area contributed by atoms with Crippen LogP contribution >= 0.6 is 0 Å². The van der Waals surface area contributed by atoms with Crippen LogP contribution in [0.25, 0.3) is 61.0 Å². The van der Waals surface area contributed by atoms with E-state index < -0.39 is 45.2 Å². The second kappa shape index (κ2) is 16.0. The van der Waals surface area contributed by atoms with E-state index in [4.69, 9.17) is 25.3 Å². The van der Waals surface area contributed by atoms with E-state index in [2.05, 4.69) is 14.8 Å². The van der Waals surface area contributed by atoms with Crippen LogP contribution in [0.15, 0.2) is 200 Å². The van der Waals surface area contributed by atoms with Crippen molar-refractivity contribution in [3.8, 4) is 50.7 Å². The number of benzene rings is 8. The monoisotopic (exact) mass is 857 g/mol. The molecule has 0 saturated heterocycles. The first kappa shape index (κ1) is 26.7. The molecule has 0 aliphatic carbocycles. The minimum Gasteiger partial charge on any atom is -0.457 e. The first-order chi connectivity index (χ1) is 37.8. The highest BCUT2D eigenvalue weighted by molar-refractivity contribution is 6.09. The van der Waals surface area contributed by atoms with Crippen LogP contribution in [0.2, 0.25) is 0 Å². The number of rotatable bonds is 8. The van der Waals surface area contributed by atoms with Crippen molar-refractivity contribution in [3.05, 3.63) is 217 Å². The van der Waals surface area contributed by atoms with Crippen molar-refractivity contribution < 1.29 is 25.3 Å². The Balaban J connectivity index is 1.03. The van der Waals surface area contributed by atoms with E-state index in [-0.39, 0.29) is 17.8 Å². The van der Waals surface area contributed by atoms with Crippen molar-refractivity contribution in [2.75, 3.05) is 16.5 Å². The molecular formula is C60H50N4O. The molecule has 0 spiro atoms. The lowest BCUT2D eigenvalue weighted by atomic mass is 9.85. The number of para-hydroxylation sites is 4. The highest BCUT2D eigenvalue weighted by Crippen LogP contribution is 2.51. The maximum absolute atomic E-state index is 8.90. The SMILES string of the molecule is [2H]C([2H])([2H])c1ccnc(-n2c3ccccc3c3ccc(Oc4cccc(N5CN(c6c(-c7ccc(C(C([2H])([2H])[2H])(C([2H])([2H])[2H])C([2H])([2H])[2H])cc7)cccc6-c6ccc(-c7ccccc7)cc6C([2H])([2H])[2H])c6ccccc65)c4)cc32)c1. The number of pyridine rings is 1. The average molecular weight is 858 g/mol. The molecule has 65 heavy (non-hydrogen) atoms. The van der Waals surface area contributed by atoms with E-state index >= 15 is 0 Å². The van der Waals surface area contributed by atoms with Gasteiger partial charge >= 0.3 is 0 Å². The number of aromatic nitrogens is 2. The summed E-state index contributed by atoms with van der Waals surface area (Å²) in [4.78, 5) is 8.76. The summed E-state index contributed by atoms with van der Waals surface area (Å²) in [5, 5.41) is 1.87. The standard InChI is InChI=1S/C60H50N4O/c1-40-33-34-61-58(35-40)64-54-22-10-9-19-51(54)52-32-30-48(38-57(52)64)65-47-18-13-17-46(37-47)62-39-63(56-24-12-11-23-55(56)62)59-50(43-25-28-45(29-26-43)60(3,4)5)20-14-21-53(59)49-31-27-44(36-41(49)2)42-15-7-6-8-16-42/h6-38H,39H2,1-5H3/i1D3,2D3,3D3,4D3,5D3. The molecule has 5 heteroatoms. The molecule has 0 fully saturated rings. The summed E-state index contributed by atoms with van der Waals surface area (Å²) in [6.45, 7) is -15.2. The van der Waals surface area contributed by atoms with E-state index in [1.54, 1.807) is 24.3 Å². The molecule has 316 valence electrons. The average Bonchev–Trinajstić information content (AvgIpc) is 3.96. The molecule has 10 aromatic rings. The van der Waals surface area contributed by atoms with Gasteiger partial charge in [0, 0.05) is 66.5 Å². The summed E-state index contributed by atoms with van der Waals surface area (Å²) < 4.78 is 135. The Kier molecular flexibility index (Phi) is 6.58. The maximum atomic E-state index is 8.90. The van der Waals surface area contributed by atoms with Gasteiger partial charge in [-0.3, -0.25) is 4.57 Å². The second-order valence-corrected chi connectivity index (χ2v) is 16.2. The van der Waals surface area contributed by atoms with Crippen LogP contribution in [0, 0.1) is 13.7 Å². The number of aryl methyl sites for hydroxylation is 2. The second-order valence-electron chi connectivity index (χ2n) is 16.2. The van der Waals surface area contributed by atoms with Crippen LogP contribution in [-0.4, -0.2) is 16.2 Å². The zero-order valence-electron chi connectivity index (χ0n) is 50.0. The van der Waals surface area contributed by atoms with Gasteiger partial charge in [0.15, 0.2) is 0 Å². The highest BCUT2D eigenvalue weighted by atomic mass is 16.5. The molecule has 0 unspecified atom stereocenters. The summed E-state index contributed by atoms with van der Waals surface area (Å²) in [6.07, 6.45) is 1.50. The number of hydrogen-bond donors (Lipinski definition) is 0. The molecule has 5 nitrogen and oxygen atoms in total. The summed E-state index contributed by atoms with van der Waals surface area (Å²) in [7, 11) is 0. The topological polar surface area (TPSA) is 33.5 Å². The zero-order valence-corrected chi connectivity index (χ0v) is 35.0. The van der Waals surface area contributed by atoms with E-state index in [0.29, 0.717) is 50.8 Å². The summed E-state index contributed by atoms with van der Waals surface area (Å²) in [6, 6.07) is 57.8. The Morgan fingerprint density at radius 2 is 1.26 bits per heavy atom. The molecule has 1 aliphatic rings. The number of anilines is 4. The number of ether oxygens (including phenoxy) is 1. The Morgan fingerprint density at radius 3 is 2.09 bits per heavy atom. The maximum Gasteiger partial charge on any atom is 0.137 e. The molecule has 0 N–H and O–H groups in total. The fourth-order valence-corrected chi connectivity index (χ4v) is 9.05. The smallest absolute Gasteiger partial charge is 0.137 e. The van der Waals surface area contributed by atoms with E-state index in [9.17, 15) is 0 Å². The Labute approximate surface area is 402 Å². The van der Waals surface area contributed by atoms with E-state index in [1.807, 2.05) is 144 Å². The van der Waals surface area contributed by atoms with Crippen molar-refractivity contribution in [3.63, 3.8) is 0 Å². The van der Waals surface area contributed by atoms with Gasteiger partial charge in [0.25, 0.3) is 0 Å². The Bertz CT molecular complexity index is 3940. The first-order valence-corrected chi connectivity index (χ1v) is 21.2. The predicted octanol–water partition coefficient (Wildman–Crippen LogP) is 16.1. The molecule has 3 heterocycles. The van der Waals surface area contributed by atoms with Crippen LogP contribution in [0.3, 0.4) is 0 Å². The minimum atomic E-state index is -3.47. The zero-order chi connectivity index (χ0) is 56.7. The molecule has 2 aromatic heterocycles. The molecule has 0 atom stereocenters. The quantitative estimate of drug-likeness (QED) is 0.152. The summed E-state index contributed by atoms with van der Waals surface area (Å²) in [5.41, 5.74) is 4.61. The van der Waals surface area contributed by atoms with Gasteiger partial charge in [-0.25, -0.2) is 4.98 Å². The highest BCUT2D eigenvalue weighted by Gasteiger charge is 2.32. The lowest BCUT2D eigenvalue weighted by Crippen LogP contribution is -2.25. The molecule has 11 rings (SSSR count). The van der Waals surface area contributed by atoms with Gasteiger partial charge in [0.2, 0.25) is 0 Å². The Hall–Kier alpha value is -7.89. The van der Waals surface area contributed by atoms with E-state index in [1.165, 1.54) is 36.5 Å². The predicted molar refractivity (Wildman–Crippen MR) is 272 cm³/mol. The van der Waals surface area contributed by atoms with Crippen molar-refractivity contribution >= 4 is 44.6 Å². The molecule has 0 amide bonds. The molecule has 0 bridgehead atoms. The normalized spacial score (nSPS) is 17.0. The molecule has 1 aliphatic heterocycles. The largest absolute Gasteiger partial charge is 0.457 e. The van der Waals surface area contributed by atoms with Crippen molar-refractivity contribution in [1.29, 1.82) is 0 Å². The fourth-order valence-electron chi connectivity index (χ4n) is 9.05. The van der Waals surface area contributed by atoms with Crippen LogP contribution in [0.1, 0.15) is 57.8 Å². The molecule has 0 saturated carbocycles. The fraction of sp³-hybridized carbons (Fsp3) is 0.117. The molecule has 8 aromatic carbocycles. The van der Waals surface area contributed by atoms with Crippen molar-refractivity contribution in [2.24, 2.45) is 0 Å². The van der Waals surface area contributed by atoms with Crippen molar-refractivity contribution in [2.45, 2.75) is 39.7 Å². The lowest BCUT2D eigenvalue weighted by molar-refractivity contribution is 0.483. The third-order valence-electron chi connectivity index (χ3n) is 12.1. The van der Waals surface area contributed by atoms with E-state index in [0.717, 1.165) is 44.4 Å². The van der Waals surface area contributed by atoms with Gasteiger partial charge in [-0.1, -0.05) is 148 Å². The number of nitrogens with zero attached hydrogens (tertiary/aromatic N) is 4. The van der Waals surface area contributed by atoms with Crippen LogP contribution in [0.5, 0.6) is 11.5 Å². The van der Waals surface area contributed by atoms with Gasteiger partial charge in [0.1, 0.15) is 24.0 Å². The first-order valence-electron chi connectivity index (χ1n) is 28.7. The van der Waals surface area contributed by atoms with Gasteiger partial charge in [-0.2, -0.15) is 0 Å². The Morgan fingerprint density at radius 1 is 0.523 bits per heavy atom. The van der Waals surface area contributed by atoms with Gasteiger partial charge in [-0.05, 0) is 113 Å². The molecule has 0 radical (unpaired) electrons. The van der Waals surface area contributed by atoms with Gasteiger partial charge in [-0.15, -0.1) is 0 Å². The summed E-state index contributed by atoms with van der Waals surface area (Å²) in [5.74, 6) is 1.46. The van der Waals surface area contributed by atoms with Crippen LogP contribution < -0.4 is 14.5 Å². The molecular weight excluding hydrogens is 793 g/mol. The summed E-state index contributed by atoms with van der Waals surface area (Å²) >= 11 is 0. The van der Waals surface area contributed by atoms with Crippen LogP contribution in [0.4, 0.5) is 22.7 Å². The number of hydrogen-bond acceptors (Lipinski definition) is 4. The third-order valence-corrected chi connectivity index (χ3v) is 12.1. The van der Waals surface area contributed by atoms with Crippen LogP contribution in [-0.2, 0) is 5.41 Å². The number of fused-ring (bicyclic) bond motifs is 4. The van der Waals surface area contributed by atoms with Crippen molar-refractivity contribution in [1.82, 2.24) is 9.55 Å².